The van der Waals surface area contributed by atoms with E-state index in [1.165, 1.54) is 0 Å². The minimum absolute atomic E-state index is 0.0857. The molecule has 1 fully saturated rings. The van der Waals surface area contributed by atoms with Crippen LogP contribution in [0.1, 0.15) is 35.5 Å². The molecule has 0 N–H and O–H groups in total. The second kappa shape index (κ2) is 6.71. The van der Waals surface area contributed by atoms with E-state index in [2.05, 4.69) is 19.9 Å². The van der Waals surface area contributed by atoms with Crippen LogP contribution in [0.25, 0.3) is 0 Å². The zero-order valence-electron chi connectivity index (χ0n) is 14.9. The van der Waals surface area contributed by atoms with Crippen molar-refractivity contribution in [3.05, 3.63) is 45.4 Å². The van der Waals surface area contributed by atoms with E-state index in [0.29, 0.717) is 5.92 Å². The Morgan fingerprint density at radius 1 is 1.08 bits per heavy atom. The number of rotatable bonds is 3. The summed E-state index contributed by atoms with van der Waals surface area (Å²) in [4.78, 5) is 28.0. The molecule has 0 radical (unpaired) electrons. The molecule has 3 heterocycles. The highest BCUT2D eigenvalue weighted by Crippen LogP contribution is 2.22. The molecule has 0 bridgehead atoms. The third-order valence-electron chi connectivity index (χ3n) is 4.84. The smallest absolute Gasteiger partial charge is 0.256 e. The van der Waals surface area contributed by atoms with E-state index >= 15 is 0 Å². The number of hydrogen-bond donors (Lipinski definition) is 0. The fraction of sp³-hybridized carbons (Fsp3) is 0.556. The second-order valence-corrected chi connectivity index (χ2v) is 6.79. The van der Waals surface area contributed by atoms with Gasteiger partial charge in [-0.15, -0.1) is 0 Å². The van der Waals surface area contributed by atoms with Gasteiger partial charge >= 0.3 is 0 Å². The summed E-state index contributed by atoms with van der Waals surface area (Å²) >= 11 is 0. The van der Waals surface area contributed by atoms with Gasteiger partial charge in [-0.1, -0.05) is 0 Å². The van der Waals surface area contributed by atoms with Crippen molar-refractivity contribution in [1.82, 2.24) is 19.5 Å². The predicted molar refractivity (Wildman–Crippen MR) is 94.4 cm³/mol. The van der Waals surface area contributed by atoms with Gasteiger partial charge in [-0.25, -0.2) is 15.0 Å². The fourth-order valence-corrected chi connectivity index (χ4v) is 3.25. The molecule has 0 aromatic carbocycles. The third kappa shape index (κ3) is 3.47. The Hall–Kier alpha value is -2.24. The monoisotopic (exact) mass is 327 g/mol. The Balaban J connectivity index is 1.65. The number of aryl methyl sites for hydroxylation is 3. The van der Waals surface area contributed by atoms with Crippen LogP contribution in [0.4, 0.5) is 5.95 Å². The van der Waals surface area contributed by atoms with Crippen molar-refractivity contribution in [2.45, 2.75) is 47.1 Å². The molecule has 0 atom stereocenters. The molecule has 6 heteroatoms. The van der Waals surface area contributed by atoms with Gasteiger partial charge in [0, 0.05) is 42.3 Å². The second-order valence-electron chi connectivity index (χ2n) is 6.79. The number of nitrogens with zero attached hydrogens (tertiary/aromatic N) is 5. The van der Waals surface area contributed by atoms with Crippen molar-refractivity contribution in [2.75, 3.05) is 18.0 Å². The molecule has 0 spiro atoms. The number of anilines is 1. The molecule has 0 unspecified atom stereocenters. The zero-order chi connectivity index (χ0) is 17.3. The minimum Gasteiger partial charge on any atom is -0.341 e. The average Bonchev–Trinajstić information content (AvgIpc) is 2.55. The first-order valence-corrected chi connectivity index (χ1v) is 8.54. The van der Waals surface area contributed by atoms with Crippen LogP contribution in [-0.4, -0.2) is 32.6 Å². The van der Waals surface area contributed by atoms with Crippen LogP contribution in [0.15, 0.2) is 17.2 Å². The number of piperidine rings is 1. The van der Waals surface area contributed by atoms with Crippen LogP contribution in [0.2, 0.25) is 0 Å². The highest BCUT2D eigenvalue weighted by Gasteiger charge is 2.22. The third-order valence-corrected chi connectivity index (χ3v) is 4.84. The van der Waals surface area contributed by atoms with Gasteiger partial charge in [0.25, 0.3) is 5.56 Å². The molecule has 2 aromatic rings. The van der Waals surface area contributed by atoms with Crippen LogP contribution in [0.3, 0.4) is 0 Å². The van der Waals surface area contributed by atoms with E-state index in [4.69, 9.17) is 0 Å². The summed E-state index contributed by atoms with van der Waals surface area (Å²) in [6, 6.07) is 2.00. The lowest BCUT2D eigenvalue weighted by atomic mass is 9.97. The van der Waals surface area contributed by atoms with Crippen LogP contribution >= 0.6 is 0 Å². The standard InChI is InChI=1S/C18H25N5O/c1-12-9-13(2)21-18(20-12)22-7-5-16(6-8-22)10-23-11-19-15(4)14(3)17(23)24/h9,11,16H,5-8,10H2,1-4H3. The topological polar surface area (TPSA) is 63.9 Å². The summed E-state index contributed by atoms with van der Waals surface area (Å²) in [5.74, 6) is 1.32. The molecule has 0 aliphatic carbocycles. The van der Waals surface area contributed by atoms with Gasteiger partial charge in [0.15, 0.2) is 0 Å². The summed E-state index contributed by atoms with van der Waals surface area (Å²) in [5, 5.41) is 0. The lowest BCUT2D eigenvalue weighted by molar-refractivity contribution is 0.348. The maximum Gasteiger partial charge on any atom is 0.256 e. The van der Waals surface area contributed by atoms with Gasteiger partial charge in [0.2, 0.25) is 5.95 Å². The normalized spacial score (nSPS) is 15.8. The lowest BCUT2D eigenvalue weighted by Gasteiger charge is -2.32. The number of aromatic nitrogens is 4. The summed E-state index contributed by atoms with van der Waals surface area (Å²) in [5.41, 5.74) is 3.67. The van der Waals surface area contributed by atoms with Crippen LogP contribution in [0, 0.1) is 33.6 Å². The Labute approximate surface area is 142 Å². The van der Waals surface area contributed by atoms with Crippen molar-refractivity contribution in [3.63, 3.8) is 0 Å². The van der Waals surface area contributed by atoms with E-state index < -0.39 is 0 Å². The molecule has 6 nitrogen and oxygen atoms in total. The Morgan fingerprint density at radius 2 is 1.71 bits per heavy atom. The quantitative estimate of drug-likeness (QED) is 0.864. The Bertz CT molecular complexity index is 770. The molecule has 1 aliphatic heterocycles. The summed E-state index contributed by atoms with van der Waals surface area (Å²) in [6.07, 6.45) is 3.76. The van der Waals surface area contributed by atoms with Crippen LogP contribution < -0.4 is 10.5 Å². The van der Waals surface area contributed by atoms with Crippen LogP contribution in [-0.2, 0) is 6.54 Å². The van der Waals surface area contributed by atoms with Crippen molar-refractivity contribution in [3.8, 4) is 0 Å². The maximum atomic E-state index is 12.3. The largest absolute Gasteiger partial charge is 0.341 e. The van der Waals surface area contributed by atoms with Crippen molar-refractivity contribution in [1.29, 1.82) is 0 Å². The van der Waals surface area contributed by atoms with Crippen LogP contribution in [0.5, 0.6) is 0 Å². The average molecular weight is 327 g/mol. The van der Waals surface area contributed by atoms with Gasteiger partial charge in [-0.2, -0.15) is 0 Å². The summed E-state index contributed by atoms with van der Waals surface area (Å²) in [7, 11) is 0. The van der Waals surface area contributed by atoms with Crippen molar-refractivity contribution >= 4 is 5.95 Å². The fourth-order valence-electron chi connectivity index (χ4n) is 3.25. The molecule has 0 amide bonds. The van der Waals surface area contributed by atoms with E-state index in [-0.39, 0.29) is 5.56 Å². The molecule has 3 rings (SSSR count). The Kier molecular flexibility index (Phi) is 4.64. The van der Waals surface area contributed by atoms with Gasteiger partial charge in [0.05, 0.1) is 6.33 Å². The van der Waals surface area contributed by atoms with E-state index in [0.717, 1.165) is 61.1 Å². The molecule has 24 heavy (non-hydrogen) atoms. The van der Waals surface area contributed by atoms with Gasteiger partial charge in [-0.05, 0) is 52.5 Å². The Morgan fingerprint density at radius 3 is 2.33 bits per heavy atom. The van der Waals surface area contributed by atoms with Crippen molar-refractivity contribution in [2.24, 2.45) is 5.92 Å². The molecular weight excluding hydrogens is 302 g/mol. The molecule has 1 aliphatic rings. The highest BCUT2D eigenvalue weighted by molar-refractivity contribution is 5.32. The van der Waals surface area contributed by atoms with Gasteiger partial charge < -0.3 is 4.90 Å². The van der Waals surface area contributed by atoms with E-state index in [9.17, 15) is 4.79 Å². The molecule has 128 valence electrons. The maximum absolute atomic E-state index is 12.3. The highest BCUT2D eigenvalue weighted by atomic mass is 16.1. The zero-order valence-corrected chi connectivity index (χ0v) is 14.9. The van der Waals surface area contributed by atoms with Gasteiger partial charge in [-0.3, -0.25) is 9.36 Å². The van der Waals surface area contributed by atoms with Crippen molar-refractivity contribution < 1.29 is 0 Å². The lowest BCUT2D eigenvalue weighted by Crippen LogP contribution is -2.37. The molecule has 0 saturated carbocycles. The molecule has 1 saturated heterocycles. The SMILES string of the molecule is Cc1cc(C)nc(N2CCC(Cn3cnc(C)c(C)c3=O)CC2)n1. The molecular formula is C18H25N5O. The predicted octanol–water partition coefficient (Wildman–Crippen LogP) is 2.18. The summed E-state index contributed by atoms with van der Waals surface area (Å²) < 4.78 is 1.76. The van der Waals surface area contributed by atoms with E-state index in [1.807, 2.05) is 33.8 Å². The number of hydrogen-bond acceptors (Lipinski definition) is 5. The minimum atomic E-state index is 0.0857. The first-order valence-electron chi connectivity index (χ1n) is 8.54. The first kappa shape index (κ1) is 16.6. The van der Waals surface area contributed by atoms with E-state index in [1.54, 1.807) is 10.9 Å². The first-order chi connectivity index (χ1) is 11.4. The molecule has 2 aromatic heterocycles. The summed E-state index contributed by atoms with van der Waals surface area (Å²) in [6.45, 7) is 10.3. The van der Waals surface area contributed by atoms with Gasteiger partial charge in [0.1, 0.15) is 0 Å².